The molecule has 1 saturated heterocycles. The van der Waals surface area contributed by atoms with Gasteiger partial charge in [0.2, 0.25) is 0 Å². The first-order valence-corrected chi connectivity index (χ1v) is 10.9. The number of unbranched alkanes of at least 4 members (excludes halogenated alkanes) is 1. The third-order valence-electron chi connectivity index (χ3n) is 4.40. The molecule has 1 aliphatic heterocycles. The maximum Gasteiger partial charge on any atom is 0.566 e. The number of hydrogen-bond acceptors (Lipinski definition) is 4. The third kappa shape index (κ3) is 4.96. The quantitative estimate of drug-likeness (QED) is 0.695. The summed E-state index contributed by atoms with van der Waals surface area (Å²) in [4.78, 5) is 0. The Balaban J connectivity index is 2.17. The van der Waals surface area contributed by atoms with Gasteiger partial charge in [0.25, 0.3) is 0 Å². The van der Waals surface area contributed by atoms with Crippen LogP contribution in [0.1, 0.15) is 52.9 Å². The lowest BCUT2D eigenvalue weighted by molar-refractivity contribution is -0.0413. The normalized spacial score (nSPS) is 27.8. The number of hydrogen-bond donors (Lipinski definition) is 1. The maximum atomic E-state index is 9.67. The van der Waals surface area contributed by atoms with Crippen LogP contribution in [0.5, 0.6) is 11.5 Å². The van der Waals surface area contributed by atoms with Gasteiger partial charge in [0.05, 0.1) is 6.10 Å². The van der Waals surface area contributed by atoms with E-state index in [4.69, 9.17) is 13.3 Å². The Morgan fingerprint density at radius 2 is 2.09 bits per heavy atom. The molecule has 1 unspecified atom stereocenters. The van der Waals surface area contributed by atoms with E-state index in [-0.39, 0.29) is 11.9 Å². The molecule has 3 atom stereocenters. The van der Waals surface area contributed by atoms with Gasteiger partial charge in [-0.15, -0.1) is 0 Å². The Hall–Kier alpha value is -1.04. The number of benzene rings is 1. The predicted octanol–water partition coefficient (Wildman–Crippen LogP) is 4.75. The molecule has 1 N–H and O–H groups in total. The summed E-state index contributed by atoms with van der Waals surface area (Å²) >= 11 is 0. The van der Waals surface area contributed by atoms with E-state index in [1.54, 1.807) is 18.2 Å². The van der Waals surface area contributed by atoms with Gasteiger partial charge >= 0.3 is 8.80 Å². The maximum absolute atomic E-state index is 9.67. The Kier molecular flexibility index (Phi) is 6.93. The van der Waals surface area contributed by atoms with Crippen molar-refractivity contribution in [2.24, 2.45) is 5.92 Å². The second-order valence-corrected chi connectivity index (χ2v) is 8.90. The van der Waals surface area contributed by atoms with Crippen molar-refractivity contribution in [3.63, 3.8) is 0 Å². The van der Waals surface area contributed by atoms with Crippen LogP contribution in [0.4, 0.5) is 0 Å². The van der Waals surface area contributed by atoms with E-state index in [1.807, 2.05) is 6.07 Å². The number of aromatic hydroxyl groups is 1. The van der Waals surface area contributed by atoms with Crippen LogP contribution in [0.2, 0.25) is 6.04 Å². The van der Waals surface area contributed by atoms with E-state index in [2.05, 4.69) is 20.8 Å². The molecular weight excluding hydrogens is 308 g/mol. The van der Waals surface area contributed by atoms with Crippen molar-refractivity contribution in [3.05, 3.63) is 24.3 Å². The average molecular weight is 339 g/mol. The van der Waals surface area contributed by atoms with Crippen molar-refractivity contribution in [2.45, 2.75) is 65.0 Å². The van der Waals surface area contributed by atoms with Crippen LogP contribution < -0.4 is 4.43 Å². The summed E-state index contributed by atoms with van der Waals surface area (Å²) in [6.07, 6.45) is 5.55. The van der Waals surface area contributed by atoms with Gasteiger partial charge in [-0.2, -0.15) is 0 Å². The van der Waals surface area contributed by atoms with E-state index in [1.165, 1.54) is 0 Å². The van der Waals surface area contributed by atoms with Gasteiger partial charge in [-0.25, -0.2) is 0 Å². The average Bonchev–Trinajstić information content (AvgIpc) is 2.54. The summed E-state index contributed by atoms with van der Waals surface area (Å²) < 4.78 is 18.9. The van der Waals surface area contributed by atoms with Crippen LogP contribution in [0.15, 0.2) is 24.3 Å². The number of rotatable bonds is 8. The molecule has 0 spiro atoms. The van der Waals surface area contributed by atoms with Crippen LogP contribution in [0.3, 0.4) is 0 Å². The van der Waals surface area contributed by atoms with Gasteiger partial charge < -0.3 is 18.4 Å². The second kappa shape index (κ2) is 8.71. The molecule has 4 nitrogen and oxygen atoms in total. The predicted molar refractivity (Wildman–Crippen MR) is 93.7 cm³/mol. The van der Waals surface area contributed by atoms with Crippen molar-refractivity contribution in [3.8, 4) is 11.5 Å². The topological polar surface area (TPSA) is 47.9 Å². The number of phenols is 1. The summed E-state index contributed by atoms with van der Waals surface area (Å²) in [5.74, 6) is 1.29. The fraction of sp³-hybridized carbons (Fsp3) is 0.667. The first-order chi connectivity index (χ1) is 11.1. The van der Waals surface area contributed by atoms with Gasteiger partial charge in [0, 0.05) is 24.6 Å². The molecule has 1 aliphatic rings. The molecule has 0 saturated carbocycles. The van der Waals surface area contributed by atoms with Gasteiger partial charge in [0.15, 0.2) is 0 Å². The van der Waals surface area contributed by atoms with Crippen molar-refractivity contribution >= 4 is 8.80 Å². The third-order valence-corrected chi connectivity index (χ3v) is 7.18. The first kappa shape index (κ1) is 18.3. The molecule has 0 radical (unpaired) electrons. The van der Waals surface area contributed by atoms with E-state index in [0.717, 1.165) is 44.8 Å². The second-order valence-electron chi connectivity index (χ2n) is 6.31. The molecule has 2 rings (SSSR count). The molecule has 1 aromatic carbocycles. The molecule has 0 amide bonds. The Bertz CT molecular complexity index is 482. The van der Waals surface area contributed by atoms with E-state index in [9.17, 15) is 5.11 Å². The molecule has 5 heteroatoms. The highest BCUT2D eigenvalue weighted by molar-refractivity contribution is 6.61. The molecule has 1 fully saturated rings. The van der Waals surface area contributed by atoms with Gasteiger partial charge in [-0.1, -0.05) is 39.7 Å². The lowest BCUT2D eigenvalue weighted by Crippen LogP contribution is -2.57. The fourth-order valence-electron chi connectivity index (χ4n) is 3.02. The SMILES string of the molecule is CCCC[Si]1(Oc2cccc(O)c2)OC[C@@H](CC)[C@H](CCC)O1. The molecule has 0 aromatic heterocycles. The monoisotopic (exact) mass is 338 g/mol. The van der Waals surface area contributed by atoms with Crippen molar-refractivity contribution < 1.29 is 18.4 Å². The van der Waals surface area contributed by atoms with Crippen molar-refractivity contribution in [1.29, 1.82) is 0 Å². The smallest absolute Gasteiger partial charge is 0.508 e. The highest BCUT2D eigenvalue weighted by Crippen LogP contribution is 2.34. The Morgan fingerprint density at radius 3 is 2.74 bits per heavy atom. The highest BCUT2D eigenvalue weighted by Gasteiger charge is 2.50. The van der Waals surface area contributed by atoms with Crippen LogP contribution >= 0.6 is 0 Å². The summed E-state index contributed by atoms with van der Waals surface area (Å²) in [6, 6.07) is 7.74. The van der Waals surface area contributed by atoms with E-state index < -0.39 is 8.80 Å². The van der Waals surface area contributed by atoms with Gasteiger partial charge in [-0.3, -0.25) is 0 Å². The summed E-state index contributed by atoms with van der Waals surface area (Å²) in [5, 5.41) is 9.67. The lowest BCUT2D eigenvalue weighted by atomic mass is 9.97. The fourth-order valence-corrected chi connectivity index (χ4v) is 6.07. The van der Waals surface area contributed by atoms with Crippen molar-refractivity contribution in [1.82, 2.24) is 0 Å². The minimum absolute atomic E-state index is 0.203. The standard InChI is InChI=1S/C18H30O4Si/c1-4-7-12-23(21-17-11-8-10-16(19)13-17)20-14-15(6-3)18(22-23)9-5-2/h8,10-11,13,15,18-19H,4-7,9,12,14H2,1-3H3/t15-,18+,23?/m1/s1. The minimum Gasteiger partial charge on any atom is -0.508 e. The number of phenolic OH excluding ortho intramolecular Hbond substituents is 1. The Labute approximate surface area is 141 Å². The van der Waals surface area contributed by atoms with E-state index >= 15 is 0 Å². The molecule has 0 aliphatic carbocycles. The molecule has 1 heterocycles. The molecule has 1 aromatic rings. The molecule has 0 bridgehead atoms. The zero-order valence-corrected chi connectivity index (χ0v) is 15.6. The molecule has 23 heavy (non-hydrogen) atoms. The lowest BCUT2D eigenvalue weighted by Gasteiger charge is -2.41. The van der Waals surface area contributed by atoms with Crippen LogP contribution in [0.25, 0.3) is 0 Å². The highest BCUT2D eigenvalue weighted by atomic mass is 28.4. The van der Waals surface area contributed by atoms with Crippen LogP contribution in [-0.2, 0) is 8.85 Å². The summed E-state index contributed by atoms with van der Waals surface area (Å²) in [5.41, 5.74) is 0. The van der Waals surface area contributed by atoms with Crippen LogP contribution in [0, 0.1) is 5.92 Å². The Morgan fingerprint density at radius 1 is 1.26 bits per heavy atom. The largest absolute Gasteiger partial charge is 0.566 e. The van der Waals surface area contributed by atoms with E-state index in [0.29, 0.717) is 11.7 Å². The van der Waals surface area contributed by atoms with Gasteiger partial charge in [-0.05, 0) is 31.4 Å². The molecule has 130 valence electrons. The van der Waals surface area contributed by atoms with Crippen LogP contribution in [-0.4, -0.2) is 26.6 Å². The zero-order chi connectivity index (χ0) is 16.7. The van der Waals surface area contributed by atoms with Crippen molar-refractivity contribution in [2.75, 3.05) is 6.61 Å². The minimum atomic E-state index is -2.74. The first-order valence-electron chi connectivity index (χ1n) is 8.92. The zero-order valence-electron chi connectivity index (χ0n) is 14.6. The summed E-state index contributed by atoms with van der Waals surface area (Å²) in [7, 11) is -2.74. The summed E-state index contributed by atoms with van der Waals surface area (Å²) in [6.45, 7) is 7.27. The molecular formula is C18H30O4Si. The van der Waals surface area contributed by atoms with Gasteiger partial charge in [0.1, 0.15) is 11.5 Å².